The zero-order valence-corrected chi connectivity index (χ0v) is 15.0. The third kappa shape index (κ3) is 5.27. The van der Waals surface area contributed by atoms with E-state index in [1.54, 1.807) is 7.11 Å². The van der Waals surface area contributed by atoms with Gasteiger partial charge in [0.1, 0.15) is 6.61 Å². The molecule has 0 radical (unpaired) electrons. The Kier molecular flexibility index (Phi) is 6.84. The third-order valence-corrected chi connectivity index (χ3v) is 5.34. The summed E-state index contributed by atoms with van der Waals surface area (Å²) in [5.41, 5.74) is 1.04. The first-order valence-corrected chi connectivity index (χ1v) is 9.33. The number of methoxy groups -OCH3 is 1. The molecule has 25 heavy (non-hydrogen) atoms. The molecule has 2 fully saturated rings. The highest BCUT2D eigenvalue weighted by Gasteiger charge is 2.31. The fourth-order valence-electron chi connectivity index (χ4n) is 3.78. The molecule has 0 aromatic heterocycles. The van der Waals surface area contributed by atoms with Crippen molar-refractivity contribution in [2.24, 2.45) is 5.92 Å². The molecule has 5 heteroatoms. The van der Waals surface area contributed by atoms with Gasteiger partial charge in [0.15, 0.2) is 0 Å². The van der Waals surface area contributed by atoms with E-state index in [4.69, 9.17) is 14.2 Å². The summed E-state index contributed by atoms with van der Waals surface area (Å²) in [6, 6.07) is 10.7. The van der Waals surface area contributed by atoms with Crippen molar-refractivity contribution in [1.82, 2.24) is 5.32 Å². The largest absolute Gasteiger partial charge is 0.461 e. The number of ether oxygens (including phenoxy) is 3. The Labute approximate surface area is 150 Å². The van der Waals surface area contributed by atoms with Crippen LogP contribution in [-0.2, 0) is 25.6 Å². The molecule has 2 unspecified atom stereocenters. The maximum Gasteiger partial charge on any atom is 0.309 e. The lowest BCUT2D eigenvalue weighted by Crippen LogP contribution is -2.51. The molecule has 3 rings (SSSR count). The van der Waals surface area contributed by atoms with Crippen LogP contribution in [0, 0.1) is 5.92 Å². The van der Waals surface area contributed by atoms with E-state index in [1.807, 2.05) is 30.3 Å². The number of carbonyl (C=O) groups excluding carboxylic acids is 1. The second-order valence-electron chi connectivity index (χ2n) is 7.05. The maximum atomic E-state index is 12.3. The normalized spacial score (nSPS) is 30.0. The zero-order valence-electron chi connectivity index (χ0n) is 15.0. The fraction of sp³-hybridized carbons (Fsp3) is 0.650. The van der Waals surface area contributed by atoms with Gasteiger partial charge >= 0.3 is 5.97 Å². The van der Waals surface area contributed by atoms with Gasteiger partial charge in [-0.3, -0.25) is 4.79 Å². The summed E-state index contributed by atoms with van der Waals surface area (Å²) in [7, 11) is 1.74. The van der Waals surface area contributed by atoms with Crippen LogP contribution in [0.3, 0.4) is 0 Å². The van der Waals surface area contributed by atoms with Gasteiger partial charge in [0.2, 0.25) is 0 Å². The van der Waals surface area contributed by atoms with Crippen molar-refractivity contribution in [3.8, 4) is 0 Å². The van der Waals surface area contributed by atoms with Crippen LogP contribution in [0.15, 0.2) is 30.3 Å². The maximum absolute atomic E-state index is 12.3. The minimum Gasteiger partial charge on any atom is -0.461 e. The van der Waals surface area contributed by atoms with Crippen LogP contribution in [0.2, 0.25) is 0 Å². The van der Waals surface area contributed by atoms with E-state index in [0.29, 0.717) is 25.3 Å². The van der Waals surface area contributed by atoms with Crippen molar-refractivity contribution >= 4 is 5.97 Å². The Bertz CT molecular complexity index is 528. The predicted molar refractivity (Wildman–Crippen MR) is 95.1 cm³/mol. The molecule has 1 heterocycles. The van der Waals surface area contributed by atoms with Gasteiger partial charge in [0.05, 0.1) is 18.6 Å². The first-order valence-electron chi connectivity index (χ1n) is 9.33. The lowest BCUT2D eigenvalue weighted by atomic mass is 9.85. The van der Waals surface area contributed by atoms with Gasteiger partial charge in [-0.15, -0.1) is 0 Å². The predicted octanol–water partition coefficient (Wildman–Crippen LogP) is 2.68. The van der Waals surface area contributed by atoms with Crippen LogP contribution in [0.5, 0.6) is 0 Å². The van der Waals surface area contributed by atoms with Gasteiger partial charge in [-0.25, -0.2) is 0 Å². The van der Waals surface area contributed by atoms with Crippen molar-refractivity contribution in [1.29, 1.82) is 0 Å². The molecule has 2 aliphatic rings. The third-order valence-electron chi connectivity index (χ3n) is 5.34. The van der Waals surface area contributed by atoms with Gasteiger partial charge in [0.25, 0.3) is 0 Å². The van der Waals surface area contributed by atoms with E-state index < -0.39 is 0 Å². The summed E-state index contributed by atoms with van der Waals surface area (Å²) >= 11 is 0. The van der Waals surface area contributed by atoms with Crippen LogP contribution in [0.1, 0.15) is 37.7 Å². The molecule has 1 N–H and O–H groups in total. The van der Waals surface area contributed by atoms with E-state index in [1.165, 1.54) is 0 Å². The number of rotatable bonds is 6. The fourth-order valence-corrected chi connectivity index (χ4v) is 3.78. The van der Waals surface area contributed by atoms with Crippen molar-refractivity contribution < 1.29 is 19.0 Å². The summed E-state index contributed by atoms with van der Waals surface area (Å²) < 4.78 is 16.5. The number of nitrogens with one attached hydrogen (secondary N) is 1. The van der Waals surface area contributed by atoms with Crippen LogP contribution >= 0.6 is 0 Å². The van der Waals surface area contributed by atoms with Crippen molar-refractivity contribution in [3.63, 3.8) is 0 Å². The molecule has 1 aromatic carbocycles. The van der Waals surface area contributed by atoms with E-state index in [9.17, 15) is 4.79 Å². The van der Waals surface area contributed by atoms with E-state index in [2.05, 4.69) is 5.32 Å². The summed E-state index contributed by atoms with van der Waals surface area (Å²) in [6.07, 6.45) is 4.93. The van der Waals surface area contributed by atoms with Crippen molar-refractivity contribution in [3.05, 3.63) is 35.9 Å². The summed E-state index contributed by atoms with van der Waals surface area (Å²) in [5.74, 6) is -0.0159. The van der Waals surface area contributed by atoms with Crippen LogP contribution in [0.25, 0.3) is 0 Å². The van der Waals surface area contributed by atoms with Crippen molar-refractivity contribution in [2.45, 2.75) is 56.9 Å². The van der Waals surface area contributed by atoms with E-state index in [0.717, 1.165) is 44.3 Å². The topological polar surface area (TPSA) is 56.8 Å². The molecule has 1 saturated carbocycles. The Morgan fingerprint density at radius 2 is 1.92 bits per heavy atom. The number of benzene rings is 1. The van der Waals surface area contributed by atoms with Crippen LogP contribution in [0.4, 0.5) is 0 Å². The summed E-state index contributed by atoms with van der Waals surface area (Å²) in [5, 5.41) is 3.72. The molecule has 1 aromatic rings. The van der Waals surface area contributed by atoms with Crippen molar-refractivity contribution in [2.75, 3.05) is 20.3 Å². The highest BCUT2D eigenvalue weighted by Crippen LogP contribution is 2.27. The quantitative estimate of drug-likeness (QED) is 0.802. The zero-order chi connectivity index (χ0) is 17.5. The number of hydrogen-bond acceptors (Lipinski definition) is 5. The molecule has 0 spiro atoms. The molecule has 1 aliphatic carbocycles. The van der Waals surface area contributed by atoms with Gasteiger partial charge in [-0.05, 0) is 37.7 Å². The smallest absolute Gasteiger partial charge is 0.309 e. The first kappa shape index (κ1) is 18.4. The van der Waals surface area contributed by atoms with Crippen LogP contribution < -0.4 is 5.32 Å². The first-order chi connectivity index (χ1) is 12.3. The second kappa shape index (κ2) is 9.32. The Morgan fingerprint density at radius 1 is 1.16 bits per heavy atom. The summed E-state index contributed by atoms with van der Waals surface area (Å²) in [4.78, 5) is 12.3. The number of esters is 1. The molecule has 0 amide bonds. The minimum absolute atomic E-state index is 0.0367. The Morgan fingerprint density at radius 3 is 2.64 bits per heavy atom. The Hall–Kier alpha value is -1.43. The van der Waals surface area contributed by atoms with Gasteiger partial charge in [0, 0.05) is 25.8 Å². The van der Waals surface area contributed by atoms with Crippen LogP contribution in [-0.4, -0.2) is 44.5 Å². The molecule has 0 bridgehead atoms. The summed E-state index contributed by atoms with van der Waals surface area (Å²) in [6.45, 7) is 1.82. The SMILES string of the molecule is COC1COCCC1NC1CCC(C(=O)OCc2ccccc2)CC1. The molecule has 1 aliphatic heterocycles. The molecule has 2 atom stereocenters. The lowest BCUT2D eigenvalue weighted by molar-refractivity contribution is -0.151. The van der Waals surface area contributed by atoms with E-state index >= 15 is 0 Å². The highest BCUT2D eigenvalue weighted by atomic mass is 16.5. The molecule has 5 nitrogen and oxygen atoms in total. The second-order valence-corrected chi connectivity index (χ2v) is 7.05. The number of carbonyl (C=O) groups is 1. The average molecular weight is 347 g/mol. The standard InChI is InChI=1S/C20H29NO4/c1-23-19-14-24-12-11-18(19)21-17-9-7-16(8-10-17)20(22)25-13-15-5-3-2-4-6-15/h2-6,16-19,21H,7-14H2,1H3. The van der Waals surface area contributed by atoms with Gasteiger partial charge in [-0.2, -0.15) is 0 Å². The molecule has 138 valence electrons. The molecular weight excluding hydrogens is 318 g/mol. The van der Waals surface area contributed by atoms with Gasteiger partial charge < -0.3 is 19.5 Å². The Balaban J connectivity index is 1.40. The molecular formula is C20H29NO4. The molecule has 1 saturated heterocycles. The lowest BCUT2D eigenvalue weighted by Gasteiger charge is -2.36. The monoisotopic (exact) mass is 347 g/mol. The van der Waals surface area contributed by atoms with Gasteiger partial charge in [-0.1, -0.05) is 30.3 Å². The highest BCUT2D eigenvalue weighted by molar-refractivity contribution is 5.72. The minimum atomic E-state index is -0.0527. The van der Waals surface area contributed by atoms with E-state index in [-0.39, 0.29) is 18.0 Å². The number of hydrogen-bond donors (Lipinski definition) is 1. The average Bonchev–Trinajstić information content (AvgIpc) is 2.68.